The second kappa shape index (κ2) is 27.8. The van der Waals surface area contributed by atoms with Crippen molar-refractivity contribution in [1.29, 1.82) is 0 Å². The van der Waals surface area contributed by atoms with Crippen molar-refractivity contribution in [1.82, 2.24) is 0 Å². The molecule has 0 bridgehead atoms. The first-order chi connectivity index (χ1) is 11.7. The molecule has 18 heteroatoms. The van der Waals surface area contributed by atoms with Crippen molar-refractivity contribution < 1.29 is 42.1 Å². The van der Waals surface area contributed by atoms with Crippen molar-refractivity contribution in [2.75, 3.05) is 53.9 Å². The number of ether oxygens (including phenoxy) is 2. The van der Waals surface area contributed by atoms with Crippen molar-refractivity contribution in [3.8, 4) is 0 Å². The van der Waals surface area contributed by atoms with Gasteiger partial charge in [-0.15, -0.1) is 0 Å². The van der Waals surface area contributed by atoms with E-state index in [0.29, 0.717) is 13.2 Å². The number of halogens is 3. The van der Waals surface area contributed by atoms with Crippen molar-refractivity contribution in [2.45, 2.75) is 19.6 Å². The Morgan fingerprint density at radius 2 is 1.03 bits per heavy atom. The molecule has 0 saturated heterocycles. The number of hydrogen-bond acceptors (Lipinski definition) is 9. The second-order valence-electron chi connectivity index (χ2n) is 5.15. The average molecular weight is 575 g/mol. The van der Waals surface area contributed by atoms with Gasteiger partial charge in [-0.2, -0.15) is 0 Å². The van der Waals surface area contributed by atoms with Gasteiger partial charge in [-0.05, 0) is 53.4 Å². The number of aliphatic hydroxyl groups is 2. The van der Waals surface area contributed by atoms with Gasteiger partial charge < -0.3 is 23.9 Å². The first-order valence-corrected chi connectivity index (χ1v) is 16.5. The van der Waals surface area contributed by atoms with Crippen molar-refractivity contribution in [2.24, 2.45) is 0 Å². The van der Waals surface area contributed by atoms with E-state index >= 15 is 0 Å². The van der Waals surface area contributed by atoms with Gasteiger partial charge in [0, 0.05) is 14.2 Å². The van der Waals surface area contributed by atoms with E-state index in [1.165, 1.54) is 0 Å². The zero-order valence-corrected chi connectivity index (χ0v) is 26.9. The summed E-state index contributed by atoms with van der Waals surface area (Å²) in [6.45, 7) is 6.52. The molecule has 0 aromatic carbocycles. The molecule has 0 atom stereocenters. The quantitative estimate of drug-likeness (QED) is 0.218. The van der Waals surface area contributed by atoms with E-state index in [-0.39, 0.29) is 95.6 Å². The van der Waals surface area contributed by atoms with Gasteiger partial charge in [0.2, 0.25) is 0 Å². The summed E-state index contributed by atoms with van der Waals surface area (Å²) in [5, 5.41) is 12.0. The molecule has 0 saturated carbocycles. The summed E-state index contributed by atoms with van der Waals surface area (Å²) in [4.78, 5) is 0. The summed E-state index contributed by atoms with van der Waals surface area (Å²) < 4.78 is 47.2. The van der Waals surface area contributed by atoms with Gasteiger partial charge in [0.1, 0.15) is 0 Å². The van der Waals surface area contributed by atoms with E-state index in [9.17, 15) is 9.13 Å². The van der Waals surface area contributed by atoms with Crippen LogP contribution in [0.5, 0.6) is 0 Å². The Kier molecular flexibility index (Phi) is 44.1. The molecule has 0 fully saturated rings. The van der Waals surface area contributed by atoms with E-state index in [0.717, 1.165) is 0 Å². The summed E-state index contributed by atoms with van der Waals surface area (Å²) >= 11 is 13.8. The van der Waals surface area contributed by atoms with E-state index in [2.05, 4.69) is 33.7 Å². The smallest absolute Gasteiger partial charge is 0.394 e. The van der Waals surface area contributed by atoms with Gasteiger partial charge in [0.15, 0.2) is 8.32 Å². The molecule has 2 N–H and O–H groups in total. The third kappa shape index (κ3) is 54.2. The Bertz CT molecular complexity index is 397. The largest absolute Gasteiger partial charge is 2.00 e. The maximum Gasteiger partial charge on any atom is 2.00 e. The summed E-state index contributed by atoms with van der Waals surface area (Å²) in [7, 11) is -2.42. The minimum Gasteiger partial charge on any atom is -0.394 e. The van der Waals surface area contributed by atoms with Crippen LogP contribution in [0, 0.1) is 0 Å². The Morgan fingerprint density at radius 1 is 0.759 bits per heavy atom. The molecule has 0 aromatic rings. The van der Waals surface area contributed by atoms with Crippen LogP contribution >= 0.6 is 46.7 Å². The fourth-order valence-corrected chi connectivity index (χ4v) is 4.67. The molecule has 0 rings (SSSR count). The molecule has 0 aromatic heterocycles. The molecule has 162 valence electrons. The van der Waals surface area contributed by atoms with Crippen LogP contribution in [0.2, 0.25) is 19.6 Å². The molecule has 0 amide bonds. The summed E-state index contributed by atoms with van der Waals surface area (Å²) in [5.74, 6) is 0. The number of methoxy groups -OCH3 is 2. The van der Waals surface area contributed by atoms with Crippen LogP contribution in [0.1, 0.15) is 0 Å². The Hall–Kier alpha value is 3.57. The van der Waals surface area contributed by atoms with Crippen LogP contribution < -0.4 is 0 Å². The Labute approximate surface area is 237 Å². The number of phosphoric acid groups is 1. The third-order valence-electron chi connectivity index (χ3n) is 1.56. The molecule has 0 spiro atoms. The van der Waals surface area contributed by atoms with Crippen LogP contribution in [-0.2, 0) is 31.9 Å². The van der Waals surface area contributed by atoms with Crippen LogP contribution in [0.3, 0.4) is 0 Å². The van der Waals surface area contributed by atoms with Crippen LogP contribution in [0.25, 0.3) is 0 Å². The molecule has 29 heavy (non-hydrogen) atoms. The van der Waals surface area contributed by atoms with E-state index in [1.807, 2.05) is 19.6 Å². The molecule has 0 heterocycles. The summed E-state index contributed by atoms with van der Waals surface area (Å²) in [6, 6.07) is 0. The second-order valence-corrected chi connectivity index (χ2v) is 18.2. The average Bonchev–Trinajstić information content (AvgIpc) is 2.44. The fourth-order valence-electron chi connectivity index (χ4n) is 0.890. The van der Waals surface area contributed by atoms with Crippen LogP contribution in [-0.4, -0.2) is 142 Å². The zero-order chi connectivity index (χ0) is 21.3. The van der Waals surface area contributed by atoms with E-state index in [1.54, 1.807) is 14.2 Å². The van der Waals surface area contributed by atoms with Gasteiger partial charge in [0.25, 0.3) is 0 Å². The van der Waals surface area contributed by atoms with Gasteiger partial charge in [0.05, 0.1) is 39.6 Å². The SMILES string of the molecule is COCCOP(=O)(OCCOC)O[Si](C)(C)C.O=P(Cl)(Cl)Cl.OCCO.[Mg+2].[Mg+2].[Mg+2]. The van der Waals surface area contributed by atoms with E-state index < -0.39 is 21.3 Å². The van der Waals surface area contributed by atoms with Crippen molar-refractivity contribution >= 4 is 124 Å². The molecule has 0 aliphatic rings. The first kappa shape index (κ1) is 46.0. The monoisotopic (exact) mass is 572 g/mol. The van der Waals surface area contributed by atoms with Gasteiger partial charge in [-0.1, -0.05) is 0 Å². The molecular formula is C11H29Cl3Mg3O9P2Si+6. The molecule has 0 radical (unpaired) electrons. The molecule has 0 unspecified atom stereocenters. The molecule has 0 aliphatic heterocycles. The minimum atomic E-state index is -3.50. The standard InChI is InChI=1S/C9H23O6PSi.C2H6O2.Cl3OP.3Mg/c1-11-6-8-13-16(10,14-9-7-12-2)15-17(3,4)5;3-1-2-4;1-5(2,3)4;;;/h6-9H2,1-5H3;3-4H,1-2H2;;;;/q;;;3*+2. The topological polar surface area (TPSA) is 121 Å². The number of aliphatic hydroxyl groups excluding tert-OH is 2. The Balaban J connectivity index is -0.0000000931. The van der Waals surface area contributed by atoms with Crippen molar-refractivity contribution in [3.05, 3.63) is 0 Å². The maximum atomic E-state index is 12.2. The third-order valence-corrected chi connectivity index (χ3v) is 5.64. The van der Waals surface area contributed by atoms with Crippen molar-refractivity contribution in [3.63, 3.8) is 0 Å². The number of phosphoric ester groups is 1. The van der Waals surface area contributed by atoms with Gasteiger partial charge in [-0.3, -0.25) is 13.6 Å². The Morgan fingerprint density at radius 3 is 1.21 bits per heavy atom. The van der Waals surface area contributed by atoms with Crippen LogP contribution in [0.4, 0.5) is 0 Å². The van der Waals surface area contributed by atoms with Crippen LogP contribution in [0.15, 0.2) is 0 Å². The fraction of sp³-hybridized carbons (Fsp3) is 1.00. The molecule has 9 nitrogen and oxygen atoms in total. The number of hydrogen-bond donors (Lipinski definition) is 2. The first-order valence-electron chi connectivity index (χ1n) is 7.23. The van der Waals surface area contributed by atoms with E-state index in [4.69, 9.17) is 32.9 Å². The zero-order valence-electron chi connectivity index (χ0n) is 17.6. The minimum absolute atomic E-state index is 0. The molecular weight excluding hydrogens is 545 g/mol. The number of rotatable bonds is 11. The molecule has 0 aliphatic carbocycles. The predicted molar refractivity (Wildman–Crippen MR) is 124 cm³/mol. The summed E-state index contributed by atoms with van der Waals surface area (Å²) in [6.07, 6.45) is 0. The predicted octanol–water partition coefficient (Wildman–Crippen LogP) is 2.91. The van der Waals surface area contributed by atoms with Gasteiger partial charge in [-0.25, -0.2) is 4.57 Å². The maximum absolute atomic E-state index is 12.2. The normalized spacial score (nSPS) is 10.7. The van der Waals surface area contributed by atoms with Gasteiger partial charge >= 0.3 is 82.2 Å². The summed E-state index contributed by atoms with van der Waals surface area (Å²) in [5.41, 5.74) is 0.